The van der Waals surface area contributed by atoms with Gasteiger partial charge in [-0.2, -0.15) is 4.31 Å². The fraction of sp³-hybridized carbons (Fsp3) is 0.389. The lowest BCUT2D eigenvalue weighted by molar-refractivity contribution is 0.0925. The average molecular weight is 381 g/mol. The van der Waals surface area contributed by atoms with Gasteiger partial charge in [0.15, 0.2) is 0 Å². The summed E-state index contributed by atoms with van der Waals surface area (Å²) in [7, 11) is -3.50. The number of sulfonamides is 1. The molecule has 1 atom stereocenters. The molecule has 0 aliphatic carbocycles. The number of benzene rings is 1. The summed E-state index contributed by atoms with van der Waals surface area (Å²) in [6.07, 6.45) is 5.16. The van der Waals surface area contributed by atoms with E-state index in [2.05, 4.69) is 4.98 Å². The molecule has 2 aromatic rings. The van der Waals surface area contributed by atoms with Crippen molar-refractivity contribution in [1.29, 1.82) is 0 Å². The number of ether oxygens (including phenoxy) is 1. The van der Waals surface area contributed by atoms with Crippen molar-refractivity contribution in [1.82, 2.24) is 9.29 Å². The van der Waals surface area contributed by atoms with Crippen molar-refractivity contribution in [3.8, 4) is 0 Å². The molecule has 1 saturated heterocycles. The molecule has 1 unspecified atom stereocenters. The van der Waals surface area contributed by atoms with E-state index in [-0.39, 0.29) is 11.9 Å². The molecular weight excluding hydrogens is 360 g/mol. The molecule has 1 aromatic heterocycles. The van der Waals surface area contributed by atoms with Gasteiger partial charge in [0.25, 0.3) is 0 Å². The summed E-state index contributed by atoms with van der Waals surface area (Å²) < 4.78 is 33.2. The van der Waals surface area contributed by atoms with Crippen LogP contribution >= 0.6 is 11.6 Å². The molecule has 0 amide bonds. The van der Waals surface area contributed by atoms with Crippen LogP contribution in [-0.4, -0.2) is 37.0 Å². The van der Waals surface area contributed by atoms with Gasteiger partial charge in [0.2, 0.25) is 10.0 Å². The molecule has 7 heteroatoms. The Morgan fingerprint density at radius 2 is 2.00 bits per heavy atom. The zero-order chi connectivity index (χ0) is 17.7. The Labute approximate surface area is 153 Å². The summed E-state index contributed by atoms with van der Waals surface area (Å²) in [4.78, 5) is 3.99. The molecule has 25 heavy (non-hydrogen) atoms. The quantitative estimate of drug-likeness (QED) is 0.739. The van der Waals surface area contributed by atoms with E-state index in [1.54, 1.807) is 36.7 Å². The van der Waals surface area contributed by atoms with Crippen molar-refractivity contribution < 1.29 is 13.2 Å². The van der Waals surface area contributed by atoms with E-state index in [1.165, 1.54) is 4.31 Å². The van der Waals surface area contributed by atoms with Crippen LogP contribution < -0.4 is 0 Å². The fourth-order valence-electron chi connectivity index (χ4n) is 2.91. The highest BCUT2D eigenvalue weighted by Crippen LogP contribution is 2.21. The van der Waals surface area contributed by atoms with Crippen LogP contribution in [0.4, 0.5) is 0 Å². The first-order chi connectivity index (χ1) is 12.0. The first-order valence-electron chi connectivity index (χ1n) is 8.26. The van der Waals surface area contributed by atoms with Gasteiger partial charge in [-0.15, -0.1) is 0 Å². The summed E-state index contributed by atoms with van der Waals surface area (Å²) in [5.41, 5.74) is 1.59. The summed E-state index contributed by atoms with van der Waals surface area (Å²) >= 11 is 5.99. The molecule has 0 bridgehead atoms. The lowest BCUT2D eigenvalue weighted by atomic mass is 10.2. The number of rotatable bonds is 7. The molecule has 0 N–H and O–H groups in total. The zero-order valence-corrected chi connectivity index (χ0v) is 15.4. The van der Waals surface area contributed by atoms with Crippen molar-refractivity contribution in [2.45, 2.75) is 31.2 Å². The van der Waals surface area contributed by atoms with Gasteiger partial charge in [0, 0.05) is 37.1 Å². The van der Waals surface area contributed by atoms with Crippen molar-refractivity contribution in [2.24, 2.45) is 0 Å². The molecule has 0 saturated carbocycles. The minimum atomic E-state index is -3.50. The second-order valence-electron chi connectivity index (χ2n) is 6.17. The first-order valence-corrected chi connectivity index (χ1v) is 10.2. The Bertz CT molecular complexity index is 793. The van der Waals surface area contributed by atoms with Crippen LogP contribution in [-0.2, 0) is 27.1 Å². The van der Waals surface area contributed by atoms with Crippen LogP contribution in [0.3, 0.4) is 0 Å². The lowest BCUT2D eigenvalue weighted by Gasteiger charge is -2.25. The summed E-state index contributed by atoms with van der Waals surface area (Å²) in [5, 5.41) is 0.535. The Balaban J connectivity index is 1.80. The van der Waals surface area contributed by atoms with Gasteiger partial charge in [0.05, 0.1) is 11.9 Å². The number of pyridine rings is 1. The van der Waals surface area contributed by atoms with Crippen molar-refractivity contribution in [3.63, 3.8) is 0 Å². The number of nitrogens with zero attached hydrogens (tertiary/aromatic N) is 2. The third-order valence-electron chi connectivity index (χ3n) is 4.17. The SMILES string of the molecule is O=S(=O)(Cc1cccc(Cl)c1)N(Cc1ccncc1)CC1CCCO1. The van der Waals surface area contributed by atoms with Crippen LogP contribution in [0.1, 0.15) is 24.0 Å². The van der Waals surface area contributed by atoms with Crippen LogP contribution in [0, 0.1) is 0 Å². The Kier molecular flexibility index (Phi) is 6.06. The van der Waals surface area contributed by atoms with E-state index >= 15 is 0 Å². The largest absolute Gasteiger partial charge is 0.377 e. The molecule has 1 fully saturated rings. The Hall–Kier alpha value is -1.47. The third-order valence-corrected chi connectivity index (χ3v) is 6.17. The van der Waals surface area contributed by atoms with Crippen molar-refractivity contribution >= 4 is 21.6 Å². The molecule has 134 valence electrons. The summed E-state index contributed by atoms with van der Waals surface area (Å²) in [6, 6.07) is 10.6. The number of aromatic nitrogens is 1. The molecule has 1 aliphatic rings. The highest BCUT2D eigenvalue weighted by molar-refractivity contribution is 7.88. The molecule has 2 heterocycles. The van der Waals surface area contributed by atoms with Crippen LogP contribution in [0.5, 0.6) is 0 Å². The number of hydrogen-bond donors (Lipinski definition) is 0. The lowest BCUT2D eigenvalue weighted by Crippen LogP contribution is -2.37. The Morgan fingerprint density at radius 3 is 2.68 bits per heavy atom. The molecule has 3 rings (SSSR count). The van der Waals surface area contributed by atoms with Crippen LogP contribution in [0.25, 0.3) is 0 Å². The van der Waals surface area contributed by atoms with Crippen molar-refractivity contribution in [3.05, 3.63) is 64.9 Å². The molecule has 1 aromatic carbocycles. The van der Waals surface area contributed by atoms with Gasteiger partial charge in [-0.1, -0.05) is 23.7 Å². The number of halogens is 1. The maximum absolute atomic E-state index is 13.0. The maximum atomic E-state index is 13.0. The predicted molar refractivity (Wildman–Crippen MR) is 97.7 cm³/mol. The number of hydrogen-bond acceptors (Lipinski definition) is 4. The first kappa shape index (κ1) is 18.3. The zero-order valence-electron chi connectivity index (χ0n) is 13.8. The van der Waals surface area contributed by atoms with Gasteiger partial charge in [0.1, 0.15) is 0 Å². The van der Waals surface area contributed by atoms with E-state index in [9.17, 15) is 8.42 Å². The standard InChI is InChI=1S/C18H21ClN2O3S/c19-17-4-1-3-16(11-17)14-25(22,23)21(13-18-5-2-10-24-18)12-15-6-8-20-9-7-15/h1,3-4,6-9,11,18H,2,5,10,12-14H2. The van der Waals surface area contributed by atoms with E-state index in [0.29, 0.717) is 30.3 Å². The summed E-state index contributed by atoms with van der Waals surface area (Å²) in [5.74, 6) is -0.0780. The van der Waals surface area contributed by atoms with Gasteiger partial charge in [-0.3, -0.25) is 4.98 Å². The molecule has 0 spiro atoms. The summed E-state index contributed by atoms with van der Waals surface area (Å²) in [6.45, 7) is 1.37. The van der Waals surface area contributed by atoms with E-state index in [1.807, 2.05) is 12.1 Å². The van der Waals surface area contributed by atoms with Crippen molar-refractivity contribution in [2.75, 3.05) is 13.2 Å². The minimum absolute atomic E-state index is 0.0454. The minimum Gasteiger partial charge on any atom is -0.377 e. The van der Waals surface area contributed by atoms with Crippen LogP contribution in [0.2, 0.25) is 5.02 Å². The highest BCUT2D eigenvalue weighted by atomic mass is 35.5. The molecule has 1 aliphatic heterocycles. The van der Waals surface area contributed by atoms with Gasteiger partial charge >= 0.3 is 0 Å². The smallest absolute Gasteiger partial charge is 0.218 e. The second-order valence-corrected chi connectivity index (χ2v) is 8.57. The highest BCUT2D eigenvalue weighted by Gasteiger charge is 2.28. The van der Waals surface area contributed by atoms with Gasteiger partial charge in [-0.25, -0.2) is 8.42 Å². The van der Waals surface area contributed by atoms with E-state index in [0.717, 1.165) is 18.4 Å². The van der Waals surface area contributed by atoms with Gasteiger partial charge < -0.3 is 4.74 Å². The predicted octanol–water partition coefficient (Wildman–Crippen LogP) is 3.25. The van der Waals surface area contributed by atoms with E-state index < -0.39 is 10.0 Å². The molecule has 5 nitrogen and oxygen atoms in total. The maximum Gasteiger partial charge on any atom is 0.218 e. The van der Waals surface area contributed by atoms with E-state index in [4.69, 9.17) is 16.3 Å². The second kappa shape index (κ2) is 8.27. The molecular formula is C18H21ClN2O3S. The topological polar surface area (TPSA) is 59.5 Å². The molecule has 0 radical (unpaired) electrons. The van der Waals surface area contributed by atoms with Gasteiger partial charge in [-0.05, 0) is 48.2 Å². The monoisotopic (exact) mass is 380 g/mol. The fourth-order valence-corrected chi connectivity index (χ4v) is 4.65. The Morgan fingerprint density at radius 1 is 1.20 bits per heavy atom. The van der Waals surface area contributed by atoms with Crippen LogP contribution in [0.15, 0.2) is 48.8 Å². The normalized spacial score (nSPS) is 17.9. The third kappa shape index (κ3) is 5.25. The average Bonchev–Trinajstić information content (AvgIpc) is 3.08.